The van der Waals surface area contributed by atoms with Crippen molar-refractivity contribution in [1.29, 1.82) is 0 Å². The minimum Gasteiger partial charge on any atom is -0.383 e. The number of aromatic nitrogens is 2. The molecular weight excluding hydrogens is 289 g/mol. The third-order valence-electron chi connectivity index (χ3n) is 2.67. The van der Waals surface area contributed by atoms with E-state index in [0.717, 1.165) is 16.2 Å². The third-order valence-corrected chi connectivity index (χ3v) is 4.31. The van der Waals surface area contributed by atoms with Crippen molar-refractivity contribution in [2.75, 3.05) is 5.73 Å². The van der Waals surface area contributed by atoms with Gasteiger partial charge >= 0.3 is 0 Å². The van der Waals surface area contributed by atoms with E-state index in [4.69, 9.17) is 28.9 Å². The first-order chi connectivity index (χ1) is 8.56. The summed E-state index contributed by atoms with van der Waals surface area (Å²) in [6.45, 7) is 2.03. The Morgan fingerprint density at radius 2 is 2.06 bits per heavy atom. The van der Waals surface area contributed by atoms with E-state index in [0.29, 0.717) is 15.9 Å². The number of aryl methyl sites for hydroxylation is 1. The maximum absolute atomic E-state index is 6.10. The number of nitrogens with zero attached hydrogens (tertiary/aromatic N) is 2. The van der Waals surface area contributed by atoms with Crippen LogP contribution in [0.3, 0.4) is 0 Å². The van der Waals surface area contributed by atoms with Crippen molar-refractivity contribution >= 4 is 45.3 Å². The number of hydrogen-bond donors (Lipinski definition) is 1. The number of halogens is 2. The molecule has 1 aromatic carbocycles. The summed E-state index contributed by atoms with van der Waals surface area (Å²) in [5, 5.41) is 1.02. The summed E-state index contributed by atoms with van der Waals surface area (Å²) < 4.78 is 1.89. The molecular formula is C12H9Cl2N3S. The summed E-state index contributed by atoms with van der Waals surface area (Å²) in [7, 11) is 0. The van der Waals surface area contributed by atoms with E-state index < -0.39 is 0 Å². The van der Waals surface area contributed by atoms with Crippen LogP contribution in [0.4, 0.5) is 5.82 Å². The molecule has 92 valence electrons. The molecule has 0 fully saturated rings. The van der Waals surface area contributed by atoms with Crippen molar-refractivity contribution < 1.29 is 0 Å². The van der Waals surface area contributed by atoms with E-state index in [1.54, 1.807) is 23.5 Å². The van der Waals surface area contributed by atoms with Crippen molar-refractivity contribution in [3.8, 4) is 11.3 Å². The molecule has 0 aliphatic heterocycles. The first-order valence-electron chi connectivity index (χ1n) is 5.25. The fourth-order valence-corrected chi connectivity index (χ4v) is 2.96. The van der Waals surface area contributed by atoms with Gasteiger partial charge in [-0.05, 0) is 19.1 Å². The minimum absolute atomic E-state index is 0.501. The molecule has 2 aromatic heterocycles. The zero-order chi connectivity index (χ0) is 12.9. The van der Waals surface area contributed by atoms with Gasteiger partial charge in [0.2, 0.25) is 0 Å². The Labute approximate surface area is 118 Å². The highest BCUT2D eigenvalue weighted by Crippen LogP contribution is 2.33. The quantitative estimate of drug-likeness (QED) is 0.729. The second kappa shape index (κ2) is 4.16. The normalized spacial score (nSPS) is 11.3. The Hall–Kier alpha value is -1.23. The number of fused-ring (bicyclic) bond motifs is 1. The molecule has 3 aromatic rings. The van der Waals surface area contributed by atoms with Crippen molar-refractivity contribution in [2.45, 2.75) is 6.92 Å². The maximum atomic E-state index is 6.10. The molecule has 0 bridgehead atoms. The predicted molar refractivity (Wildman–Crippen MR) is 77.7 cm³/mol. The SMILES string of the molecule is Cc1cn2c(N)c(-c3ccc(Cl)c(Cl)c3)nc2s1. The second-order valence-corrected chi connectivity index (χ2v) is 6.00. The van der Waals surface area contributed by atoms with Crippen LogP contribution in [-0.2, 0) is 0 Å². The van der Waals surface area contributed by atoms with E-state index in [-0.39, 0.29) is 0 Å². The Morgan fingerprint density at radius 3 is 2.72 bits per heavy atom. The Balaban J connectivity index is 2.21. The Morgan fingerprint density at radius 1 is 1.28 bits per heavy atom. The zero-order valence-corrected chi connectivity index (χ0v) is 11.8. The highest BCUT2D eigenvalue weighted by Gasteiger charge is 2.14. The van der Waals surface area contributed by atoms with E-state index in [9.17, 15) is 0 Å². The van der Waals surface area contributed by atoms with Crippen molar-refractivity contribution in [3.63, 3.8) is 0 Å². The molecule has 0 aliphatic carbocycles. The van der Waals surface area contributed by atoms with Crippen LogP contribution in [0, 0.1) is 6.92 Å². The standard InChI is InChI=1S/C12H9Cl2N3S/c1-6-5-17-11(15)10(16-12(17)18-6)7-2-3-8(13)9(14)4-7/h2-5H,15H2,1H3. The summed E-state index contributed by atoms with van der Waals surface area (Å²) in [5.74, 6) is 0.618. The molecule has 0 atom stereocenters. The number of hydrogen-bond acceptors (Lipinski definition) is 3. The van der Waals surface area contributed by atoms with E-state index in [2.05, 4.69) is 4.98 Å². The van der Waals surface area contributed by atoms with Gasteiger partial charge in [-0.3, -0.25) is 4.40 Å². The van der Waals surface area contributed by atoms with Crippen LogP contribution in [0.1, 0.15) is 4.88 Å². The minimum atomic E-state index is 0.501. The van der Waals surface area contributed by atoms with Gasteiger partial charge in [-0.15, -0.1) is 11.3 Å². The number of anilines is 1. The summed E-state index contributed by atoms with van der Waals surface area (Å²) in [6.07, 6.45) is 1.98. The van der Waals surface area contributed by atoms with Gasteiger partial charge in [0.25, 0.3) is 0 Å². The monoisotopic (exact) mass is 297 g/mol. The largest absolute Gasteiger partial charge is 0.383 e. The number of imidazole rings is 1. The number of benzene rings is 1. The van der Waals surface area contributed by atoms with Crippen LogP contribution < -0.4 is 5.73 Å². The number of nitrogens with two attached hydrogens (primary N) is 1. The van der Waals surface area contributed by atoms with Gasteiger partial charge in [-0.25, -0.2) is 4.98 Å². The third kappa shape index (κ3) is 1.77. The van der Waals surface area contributed by atoms with Gasteiger partial charge < -0.3 is 5.73 Å². The van der Waals surface area contributed by atoms with E-state index in [1.807, 2.05) is 23.6 Å². The molecule has 0 saturated carbocycles. The van der Waals surface area contributed by atoms with E-state index in [1.165, 1.54) is 4.88 Å². The van der Waals surface area contributed by atoms with Gasteiger partial charge in [-0.2, -0.15) is 0 Å². The van der Waals surface area contributed by atoms with Crippen LogP contribution in [-0.4, -0.2) is 9.38 Å². The molecule has 0 unspecified atom stereocenters. The predicted octanol–water partition coefficient (Wildman–Crippen LogP) is 4.26. The topological polar surface area (TPSA) is 43.3 Å². The lowest BCUT2D eigenvalue weighted by Crippen LogP contribution is -1.92. The van der Waals surface area contributed by atoms with Gasteiger partial charge in [0.15, 0.2) is 4.96 Å². The van der Waals surface area contributed by atoms with Crippen molar-refractivity contribution in [2.24, 2.45) is 0 Å². The summed E-state index contributed by atoms with van der Waals surface area (Å²) >= 11 is 13.5. The number of nitrogen functional groups attached to an aromatic ring is 1. The summed E-state index contributed by atoms with van der Waals surface area (Å²) in [5.41, 5.74) is 7.71. The maximum Gasteiger partial charge on any atom is 0.196 e. The molecule has 6 heteroatoms. The average molecular weight is 298 g/mol. The molecule has 2 N–H and O–H groups in total. The molecule has 18 heavy (non-hydrogen) atoms. The number of rotatable bonds is 1. The average Bonchev–Trinajstić information content (AvgIpc) is 2.82. The van der Waals surface area contributed by atoms with Gasteiger partial charge in [0, 0.05) is 16.6 Å². The molecule has 3 rings (SSSR count). The first-order valence-corrected chi connectivity index (χ1v) is 6.83. The first kappa shape index (κ1) is 11.8. The van der Waals surface area contributed by atoms with Crippen LogP contribution >= 0.6 is 34.5 Å². The van der Waals surface area contributed by atoms with Gasteiger partial charge in [0.1, 0.15) is 11.5 Å². The lowest BCUT2D eigenvalue weighted by molar-refractivity contribution is 1.23. The lowest BCUT2D eigenvalue weighted by Gasteiger charge is -2.01. The smallest absolute Gasteiger partial charge is 0.196 e. The van der Waals surface area contributed by atoms with Crippen molar-refractivity contribution in [3.05, 3.63) is 39.3 Å². The molecule has 0 saturated heterocycles. The Kier molecular flexibility index (Phi) is 2.73. The van der Waals surface area contributed by atoms with Crippen LogP contribution in [0.15, 0.2) is 24.4 Å². The zero-order valence-electron chi connectivity index (χ0n) is 9.45. The van der Waals surface area contributed by atoms with Gasteiger partial charge in [-0.1, -0.05) is 29.3 Å². The molecule has 2 heterocycles. The lowest BCUT2D eigenvalue weighted by atomic mass is 10.1. The fraction of sp³-hybridized carbons (Fsp3) is 0.0833. The van der Waals surface area contributed by atoms with Crippen LogP contribution in [0.25, 0.3) is 16.2 Å². The Bertz CT molecular complexity index is 745. The summed E-state index contributed by atoms with van der Waals surface area (Å²) in [4.78, 5) is 6.58. The number of thiazole rings is 1. The molecule has 0 radical (unpaired) electrons. The molecule has 3 nitrogen and oxygen atoms in total. The fourth-order valence-electron chi connectivity index (χ4n) is 1.83. The second-order valence-electron chi connectivity index (χ2n) is 3.97. The molecule has 0 aliphatic rings. The van der Waals surface area contributed by atoms with Crippen molar-refractivity contribution in [1.82, 2.24) is 9.38 Å². The van der Waals surface area contributed by atoms with Crippen LogP contribution in [0.2, 0.25) is 10.0 Å². The summed E-state index contributed by atoms with van der Waals surface area (Å²) in [6, 6.07) is 5.39. The van der Waals surface area contributed by atoms with Gasteiger partial charge in [0.05, 0.1) is 10.0 Å². The molecule has 0 spiro atoms. The molecule has 0 amide bonds. The van der Waals surface area contributed by atoms with Crippen LogP contribution in [0.5, 0.6) is 0 Å². The highest BCUT2D eigenvalue weighted by atomic mass is 35.5. The highest BCUT2D eigenvalue weighted by molar-refractivity contribution is 7.17. The van der Waals surface area contributed by atoms with E-state index >= 15 is 0 Å².